The molecule has 16 heavy (non-hydrogen) atoms. The number of nitrogens with zero attached hydrogens (tertiary/aromatic N) is 2. The Balaban J connectivity index is 1.76. The zero-order valence-electron chi connectivity index (χ0n) is 9.27. The van der Waals surface area contributed by atoms with E-state index in [1.54, 1.807) is 13.0 Å². The molecule has 2 saturated heterocycles. The molecule has 1 aromatic rings. The number of likely N-dealkylation sites (tertiary alicyclic amines) is 1. The molecule has 5 heteroatoms. The number of rotatable bonds is 1. The van der Waals surface area contributed by atoms with Crippen molar-refractivity contribution >= 4 is 5.91 Å². The van der Waals surface area contributed by atoms with Gasteiger partial charge >= 0.3 is 0 Å². The fraction of sp³-hybridized carbons (Fsp3) is 0.636. The Kier molecular flexibility index (Phi) is 2.21. The van der Waals surface area contributed by atoms with Crippen molar-refractivity contribution in [1.29, 1.82) is 0 Å². The quantitative estimate of drug-likeness (QED) is 0.746. The molecule has 0 spiro atoms. The summed E-state index contributed by atoms with van der Waals surface area (Å²) in [6, 6.07) is 2.17. The number of hydrogen-bond donors (Lipinski definition) is 1. The Morgan fingerprint density at radius 2 is 2.50 bits per heavy atom. The summed E-state index contributed by atoms with van der Waals surface area (Å²) >= 11 is 0. The molecule has 86 valence electrons. The van der Waals surface area contributed by atoms with Gasteiger partial charge in [-0.3, -0.25) is 4.79 Å². The van der Waals surface area contributed by atoms with Gasteiger partial charge in [0.15, 0.2) is 5.69 Å². The SMILES string of the molecule is Cc1cc(C(=O)N2CC3CNC(C3)C2)no1. The van der Waals surface area contributed by atoms with Gasteiger partial charge in [0.1, 0.15) is 5.76 Å². The van der Waals surface area contributed by atoms with E-state index in [1.165, 1.54) is 6.42 Å². The lowest BCUT2D eigenvalue weighted by atomic mass is 10.00. The van der Waals surface area contributed by atoms with Gasteiger partial charge in [-0.15, -0.1) is 0 Å². The summed E-state index contributed by atoms with van der Waals surface area (Å²) in [5, 5.41) is 7.20. The zero-order chi connectivity index (χ0) is 11.1. The molecule has 3 heterocycles. The number of aryl methyl sites for hydroxylation is 1. The van der Waals surface area contributed by atoms with Crippen molar-refractivity contribution in [2.75, 3.05) is 19.6 Å². The molecule has 1 amide bonds. The first kappa shape index (κ1) is 9.84. The third kappa shape index (κ3) is 1.61. The molecule has 1 N–H and O–H groups in total. The minimum atomic E-state index is -0.00440. The second-order valence-corrected chi connectivity index (χ2v) is 4.74. The van der Waals surface area contributed by atoms with Crippen molar-refractivity contribution in [2.24, 2.45) is 5.92 Å². The predicted octanol–water partition coefficient (Wildman–Crippen LogP) is 0.417. The molecule has 2 aliphatic heterocycles. The van der Waals surface area contributed by atoms with E-state index in [0.29, 0.717) is 23.4 Å². The molecule has 2 aliphatic rings. The van der Waals surface area contributed by atoms with Crippen LogP contribution in [0.5, 0.6) is 0 Å². The van der Waals surface area contributed by atoms with Crippen LogP contribution in [0.3, 0.4) is 0 Å². The molecule has 0 saturated carbocycles. The smallest absolute Gasteiger partial charge is 0.276 e. The standard InChI is InChI=1S/C11H15N3O2/c1-7-2-10(13-16-7)11(15)14-5-8-3-9(6-14)12-4-8/h2,8-9,12H,3-6H2,1H3. The molecular formula is C11H15N3O2. The van der Waals surface area contributed by atoms with Crippen LogP contribution in [0.15, 0.2) is 10.6 Å². The first-order chi connectivity index (χ1) is 7.72. The minimum absolute atomic E-state index is 0.00440. The number of carbonyl (C=O) groups is 1. The average molecular weight is 221 g/mol. The monoisotopic (exact) mass is 221 g/mol. The van der Waals surface area contributed by atoms with Gasteiger partial charge in [0.2, 0.25) is 0 Å². The molecule has 2 unspecified atom stereocenters. The van der Waals surface area contributed by atoms with Gasteiger partial charge in [0.05, 0.1) is 0 Å². The summed E-state index contributed by atoms with van der Waals surface area (Å²) in [4.78, 5) is 14.0. The number of piperidine rings is 1. The lowest BCUT2D eigenvalue weighted by molar-refractivity contribution is 0.0681. The average Bonchev–Trinajstić information content (AvgIpc) is 2.84. The van der Waals surface area contributed by atoms with Crippen LogP contribution in [0.25, 0.3) is 0 Å². The Hall–Kier alpha value is -1.36. The Labute approximate surface area is 93.8 Å². The van der Waals surface area contributed by atoms with Crippen LogP contribution < -0.4 is 5.32 Å². The van der Waals surface area contributed by atoms with Gasteiger partial charge < -0.3 is 14.7 Å². The third-order valence-electron chi connectivity index (χ3n) is 3.37. The number of aromatic nitrogens is 1. The molecule has 3 rings (SSSR count). The summed E-state index contributed by atoms with van der Waals surface area (Å²) in [5.41, 5.74) is 0.429. The molecule has 0 aromatic carbocycles. The van der Waals surface area contributed by atoms with Crippen molar-refractivity contribution in [3.8, 4) is 0 Å². The maximum atomic E-state index is 12.1. The highest BCUT2D eigenvalue weighted by atomic mass is 16.5. The van der Waals surface area contributed by atoms with Gasteiger partial charge in [-0.25, -0.2) is 0 Å². The Morgan fingerprint density at radius 3 is 3.19 bits per heavy atom. The van der Waals surface area contributed by atoms with Crippen LogP contribution in [0.4, 0.5) is 0 Å². The summed E-state index contributed by atoms with van der Waals surface area (Å²) < 4.78 is 4.93. The Bertz CT molecular complexity index is 403. The van der Waals surface area contributed by atoms with Crippen LogP contribution in [-0.4, -0.2) is 41.6 Å². The highest BCUT2D eigenvalue weighted by molar-refractivity contribution is 5.92. The maximum Gasteiger partial charge on any atom is 0.276 e. The molecule has 0 aliphatic carbocycles. The van der Waals surface area contributed by atoms with Gasteiger partial charge in [0.25, 0.3) is 5.91 Å². The predicted molar refractivity (Wildman–Crippen MR) is 57.0 cm³/mol. The van der Waals surface area contributed by atoms with Crippen molar-refractivity contribution in [3.05, 3.63) is 17.5 Å². The number of amides is 1. The lowest BCUT2D eigenvalue weighted by Gasteiger charge is -2.30. The van der Waals surface area contributed by atoms with Crippen LogP contribution >= 0.6 is 0 Å². The largest absolute Gasteiger partial charge is 0.361 e. The van der Waals surface area contributed by atoms with E-state index in [0.717, 1.165) is 19.6 Å². The molecule has 2 bridgehead atoms. The van der Waals surface area contributed by atoms with E-state index in [4.69, 9.17) is 4.52 Å². The first-order valence-electron chi connectivity index (χ1n) is 5.68. The van der Waals surface area contributed by atoms with E-state index in [1.807, 2.05) is 4.90 Å². The van der Waals surface area contributed by atoms with E-state index in [2.05, 4.69) is 10.5 Å². The Morgan fingerprint density at radius 1 is 1.62 bits per heavy atom. The summed E-state index contributed by atoms with van der Waals surface area (Å²) in [7, 11) is 0. The van der Waals surface area contributed by atoms with Gasteiger partial charge in [-0.2, -0.15) is 0 Å². The molecule has 0 radical (unpaired) electrons. The first-order valence-corrected chi connectivity index (χ1v) is 5.68. The van der Waals surface area contributed by atoms with Crippen molar-refractivity contribution < 1.29 is 9.32 Å². The highest BCUT2D eigenvalue weighted by Crippen LogP contribution is 2.23. The molecule has 5 nitrogen and oxygen atoms in total. The van der Waals surface area contributed by atoms with Crippen molar-refractivity contribution in [1.82, 2.24) is 15.4 Å². The summed E-state index contributed by atoms with van der Waals surface area (Å²) in [5.74, 6) is 1.28. The lowest BCUT2D eigenvalue weighted by Crippen LogP contribution is -2.44. The summed E-state index contributed by atoms with van der Waals surface area (Å²) in [6.45, 7) is 4.47. The third-order valence-corrected chi connectivity index (χ3v) is 3.37. The van der Waals surface area contributed by atoms with Crippen LogP contribution in [-0.2, 0) is 0 Å². The van der Waals surface area contributed by atoms with Gasteiger partial charge in [0, 0.05) is 31.7 Å². The van der Waals surface area contributed by atoms with Gasteiger partial charge in [-0.1, -0.05) is 5.16 Å². The number of hydrogen-bond acceptors (Lipinski definition) is 4. The van der Waals surface area contributed by atoms with Gasteiger partial charge in [-0.05, 0) is 19.3 Å². The van der Waals surface area contributed by atoms with E-state index in [-0.39, 0.29) is 5.91 Å². The second kappa shape index (κ2) is 3.59. The molecule has 1 aromatic heterocycles. The van der Waals surface area contributed by atoms with E-state index < -0.39 is 0 Å². The number of carbonyl (C=O) groups excluding carboxylic acids is 1. The van der Waals surface area contributed by atoms with E-state index in [9.17, 15) is 4.79 Å². The number of fused-ring (bicyclic) bond motifs is 2. The fourth-order valence-corrected chi connectivity index (χ4v) is 2.63. The number of nitrogens with one attached hydrogen (secondary N) is 1. The summed E-state index contributed by atoms with van der Waals surface area (Å²) in [6.07, 6.45) is 1.20. The molecular weight excluding hydrogens is 206 g/mol. The maximum absolute atomic E-state index is 12.1. The second-order valence-electron chi connectivity index (χ2n) is 4.74. The van der Waals surface area contributed by atoms with Crippen LogP contribution in [0.1, 0.15) is 22.7 Å². The topological polar surface area (TPSA) is 58.4 Å². The highest BCUT2D eigenvalue weighted by Gasteiger charge is 2.35. The van der Waals surface area contributed by atoms with E-state index >= 15 is 0 Å². The van der Waals surface area contributed by atoms with Crippen LogP contribution in [0, 0.1) is 12.8 Å². The zero-order valence-corrected chi connectivity index (χ0v) is 9.27. The molecule has 2 fully saturated rings. The van der Waals surface area contributed by atoms with Crippen molar-refractivity contribution in [3.63, 3.8) is 0 Å². The van der Waals surface area contributed by atoms with Crippen molar-refractivity contribution in [2.45, 2.75) is 19.4 Å². The fourth-order valence-electron chi connectivity index (χ4n) is 2.63. The normalized spacial score (nSPS) is 28.4. The minimum Gasteiger partial charge on any atom is -0.361 e. The van der Waals surface area contributed by atoms with Crippen LogP contribution in [0.2, 0.25) is 0 Å². The molecule has 2 atom stereocenters.